The van der Waals surface area contributed by atoms with E-state index >= 15 is 0 Å². The average Bonchev–Trinajstić information content (AvgIpc) is 2.69. The summed E-state index contributed by atoms with van der Waals surface area (Å²) in [5.41, 5.74) is 0.884. The molecule has 0 spiro atoms. The van der Waals surface area contributed by atoms with Crippen molar-refractivity contribution >= 4 is 5.82 Å². The fourth-order valence-electron chi connectivity index (χ4n) is 1.08. The first-order chi connectivity index (χ1) is 6.86. The number of anilines is 1. The highest BCUT2D eigenvalue weighted by Gasteiger charge is 2.01. The summed E-state index contributed by atoms with van der Waals surface area (Å²) in [6.45, 7) is 0.480. The molecule has 4 nitrogen and oxygen atoms in total. The van der Waals surface area contributed by atoms with E-state index in [1.807, 2.05) is 6.07 Å². The maximum atomic E-state index is 13.1. The van der Waals surface area contributed by atoms with Gasteiger partial charge in [-0.25, -0.2) is 9.37 Å². The normalized spacial score (nSPS) is 10.1. The van der Waals surface area contributed by atoms with E-state index in [1.165, 1.54) is 6.07 Å². The number of hydrogen-bond donors (Lipinski definition) is 2. The van der Waals surface area contributed by atoms with Crippen molar-refractivity contribution in [3.8, 4) is 0 Å². The number of nitrogens with zero attached hydrogens (tertiary/aromatic N) is 2. The van der Waals surface area contributed by atoms with Crippen LogP contribution in [0.4, 0.5) is 10.2 Å². The van der Waals surface area contributed by atoms with Gasteiger partial charge in [0.1, 0.15) is 0 Å². The van der Waals surface area contributed by atoms with Gasteiger partial charge < -0.3 is 5.32 Å². The number of aromatic nitrogens is 3. The minimum atomic E-state index is -0.355. The summed E-state index contributed by atoms with van der Waals surface area (Å²) in [5, 5.41) is 9.40. The Kier molecular flexibility index (Phi) is 2.40. The van der Waals surface area contributed by atoms with Gasteiger partial charge in [-0.15, -0.1) is 0 Å². The lowest BCUT2D eigenvalue weighted by molar-refractivity contribution is 0.624. The number of pyridine rings is 1. The first-order valence-corrected chi connectivity index (χ1v) is 4.19. The van der Waals surface area contributed by atoms with E-state index in [9.17, 15) is 4.39 Å². The second-order valence-corrected chi connectivity index (χ2v) is 2.77. The van der Waals surface area contributed by atoms with Crippen molar-refractivity contribution in [2.24, 2.45) is 0 Å². The predicted molar refractivity (Wildman–Crippen MR) is 50.1 cm³/mol. The molecule has 2 aromatic heterocycles. The third kappa shape index (κ3) is 1.87. The van der Waals surface area contributed by atoms with Gasteiger partial charge in [0, 0.05) is 12.4 Å². The monoisotopic (exact) mass is 192 g/mol. The number of rotatable bonds is 3. The van der Waals surface area contributed by atoms with Crippen LogP contribution in [-0.4, -0.2) is 15.2 Å². The van der Waals surface area contributed by atoms with Crippen molar-refractivity contribution in [2.75, 3.05) is 5.32 Å². The molecule has 0 unspecified atom stereocenters. The first kappa shape index (κ1) is 8.68. The maximum Gasteiger partial charge on any atom is 0.165 e. The van der Waals surface area contributed by atoms with E-state index in [0.29, 0.717) is 6.54 Å². The van der Waals surface area contributed by atoms with Gasteiger partial charge in [-0.1, -0.05) is 0 Å². The van der Waals surface area contributed by atoms with Crippen molar-refractivity contribution in [1.29, 1.82) is 0 Å². The minimum absolute atomic E-state index is 0.252. The smallest absolute Gasteiger partial charge is 0.165 e. The summed E-state index contributed by atoms with van der Waals surface area (Å²) >= 11 is 0. The molecule has 0 bridgehead atoms. The second kappa shape index (κ2) is 3.87. The lowest BCUT2D eigenvalue weighted by atomic mass is 10.4. The predicted octanol–water partition coefficient (Wildman–Crippen LogP) is 1.56. The van der Waals surface area contributed by atoms with Gasteiger partial charge in [-0.2, -0.15) is 5.10 Å². The summed E-state index contributed by atoms with van der Waals surface area (Å²) < 4.78 is 13.1. The van der Waals surface area contributed by atoms with Gasteiger partial charge >= 0.3 is 0 Å². The molecule has 0 aliphatic heterocycles. The zero-order valence-electron chi connectivity index (χ0n) is 7.37. The number of nitrogens with one attached hydrogen (secondary N) is 2. The van der Waals surface area contributed by atoms with Crippen LogP contribution >= 0.6 is 0 Å². The van der Waals surface area contributed by atoms with E-state index in [-0.39, 0.29) is 11.6 Å². The molecular weight excluding hydrogens is 183 g/mol. The van der Waals surface area contributed by atoms with Crippen molar-refractivity contribution in [3.63, 3.8) is 0 Å². The molecule has 0 saturated heterocycles. The zero-order chi connectivity index (χ0) is 9.80. The van der Waals surface area contributed by atoms with Gasteiger partial charge in [-0.3, -0.25) is 5.10 Å². The molecule has 0 radical (unpaired) electrons. The van der Waals surface area contributed by atoms with Crippen molar-refractivity contribution in [2.45, 2.75) is 6.54 Å². The summed E-state index contributed by atoms with van der Waals surface area (Å²) in [7, 11) is 0. The molecule has 0 fully saturated rings. The minimum Gasteiger partial charge on any atom is -0.362 e. The highest BCUT2D eigenvalue weighted by atomic mass is 19.1. The molecule has 5 heteroatoms. The second-order valence-electron chi connectivity index (χ2n) is 2.77. The van der Waals surface area contributed by atoms with Crippen LogP contribution in [0.5, 0.6) is 0 Å². The largest absolute Gasteiger partial charge is 0.362 e. The van der Waals surface area contributed by atoms with Crippen molar-refractivity contribution in [1.82, 2.24) is 15.2 Å². The molecule has 0 aliphatic carbocycles. The molecule has 0 amide bonds. The summed E-state index contributed by atoms with van der Waals surface area (Å²) in [4.78, 5) is 3.86. The zero-order valence-corrected chi connectivity index (χ0v) is 7.37. The van der Waals surface area contributed by atoms with Crippen LogP contribution in [0.3, 0.4) is 0 Å². The number of halogens is 1. The van der Waals surface area contributed by atoms with Crippen LogP contribution in [0.25, 0.3) is 0 Å². The standard InChI is InChI=1S/C9H9FN4/c10-8-2-1-4-11-9(8)12-6-7-3-5-13-14-7/h1-5H,6H2,(H,11,12)(H,13,14). The van der Waals surface area contributed by atoms with Crippen LogP contribution in [0.1, 0.15) is 5.69 Å². The molecule has 2 N–H and O–H groups in total. The quantitative estimate of drug-likeness (QED) is 0.775. The van der Waals surface area contributed by atoms with Gasteiger partial charge in [0.15, 0.2) is 11.6 Å². The molecule has 2 aromatic rings. The highest BCUT2D eigenvalue weighted by molar-refractivity contribution is 5.35. The van der Waals surface area contributed by atoms with Crippen LogP contribution < -0.4 is 5.32 Å². The Bertz CT molecular complexity index is 399. The molecule has 72 valence electrons. The van der Waals surface area contributed by atoms with Gasteiger partial charge in [-0.05, 0) is 18.2 Å². The van der Waals surface area contributed by atoms with Gasteiger partial charge in [0.05, 0.1) is 12.2 Å². The Balaban J connectivity index is 2.02. The van der Waals surface area contributed by atoms with Crippen LogP contribution in [-0.2, 0) is 6.54 Å². The van der Waals surface area contributed by atoms with Crippen molar-refractivity contribution < 1.29 is 4.39 Å². The van der Waals surface area contributed by atoms with Crippen molar-refractivity contribution in [3.05, 3.63) is 42.1 Å². The highest BCUT2D eigenvalue weighted by Crippen LogP contribution is 2.09. The molecule has 0 aliphatic rings. The van der Waals surface area contributed by atoms with Crippen LogP contribution in [0.15, 0.2) is 30.6 Å². The average molecular weight is 192 g/mol. The number of hydrogen-bond acceptors (Lipinski definition) is 3. The number of H-pyrrole nitrogens is 1. The number of aromatic amines is 1. The topological polar surface area (TPSA) is 53.6 Å². The lowest BCUT2D eigenvalue weighted by Gasteiger charge is -2.03. The molecule has 2 rings (SSSR count). The molecule has 0 saturated carbocycles. The third-order valence-electron chi connectivity index (χ3n) is 1.76. The fourth-order valence-corrected chi connectivity index (χ4v) is 1.08. The van der Waals surface area contributed by atoms with E-state index in [2.05, 4.69) is 20.5 Å². The van der Waals surface area contributed by atoms with Crippen LogP contribution in [0.2, 0.25) is 0 Å². The summed E-state index contributed by atoms with van der Waals surface area (Å²) in [5.74, 6) is -0.103. The van der Waals surface area contributed by atoms with E-state index in [1.54, 1.807) is 18.5 Å². The first-order valence-electron chi connectivity index (χ1n) is 4.19. The Morgan fingerprint density at radius 1 is 1.36 bits per heavy atom. The fraction of sp³-hybridized carbons (Fsp3) is 0.111. The molecule has 0 aromatic carbocycles. The lowest BCUT2D eigenvalue weighted by Crippen LogP contribution is -2.03. The van der Waals surface area contributed by atoms with Gasteiger partial charge in [0.25, 0.3) is 0 Å². The van der Waals surface area contributed by atoms with E-state index in [0.717, 1.165) is 5.69 Å². The van der Waals surface area contributed by atoms with E-state index < -0.39 is 0 Å². The Morgan fingerprint density at radius 3 is 3.00 bits per heavy atom. The Morgan fingerprint density at radius 2 is 2.29 bits per heavy atom. The molecule has 2 heterocycles. The van der Waals surface area contributed by atoms with E-state index in [4.69, 9.17) is 0 Å². The SMILES string of the molecule is Fc1cccnc1NCc1ccn[nH]1. The van der Waals surface area contributed by atoms with Gasteiger partial charge in [0.2, 0.25) is 0 Å². The molecular formula is C9H9FN4. The molecule has 14 heavy (non-hydrogen) atoms. The Labute approximate surface area is 80.2 Å². The van der Waals surface area contributed by atoms with Crippen LogP contribution in [0, 0.1) is 5.82 Å². The summed E-state index contributed by atoms with van der Waals surface area (Å²) in [6, 6.07) is 4.73. The summed E-state index contributed by atoms with van der Waals surface area (Å²) in [6.07, 6.45) is 3.18. The Hall–Kier alpha value is -1.91. The third-order valence-corrected chi connectivity index (χ3v) is 1.76. The molecule has 0 atom stereocenters. The maximum absolute atomic E-state index is 13.1.